The first-order valence-electron chi connectivity index (χ1n) is 6.71. The Hall–Kier alpha value is -2.57. The fourth-order valence-corrected chi connectivity index (χ4v) is 2.62. The number of likely N-dealkylation sites (N-methyl/N-ethyl adjacent to an activating group) is 1. The number of hydrogen-bond acceptors (Lipinski definition) is 5. The summed E-state index contributed by atoms with van der Waals surface area (Å²) in [5.41, 5.74) is 1.40. The van der Waals surface area contributed by atoms with Crippen molar-refractivity contribution in [1.82, 2.24) is 14.9 Å². The number of carboxylic acid groups (broad SMARTS) is 1. The molecule has 1 fully saturated rings. The average Bonchev–Trinajstić information content (AvgIpc) is 2.96. The van der Waals surface area contributed by atoms with Crippen LogP contribution in [0, 0.1) is 0 Å². The van der Waals surface area contributed by atoms with Crippen LogP contribution in [0.4, 0.5) is 10.5 Å². The Bertz CT molecular complexity index is 691. The van der Waals surface area contributed by atoms with E-state index in [9.17, 15) is 9.90 Å². The van der Waals surface area contributed by atoms with Gasteiger partial charge in [-0.3, -0.25) is 0 Å². The van der Waals surface area contributed by atoms with Crippen LogP contribution in [0.25, 0.3) is 11.0 Å². The number of fused-ring (bicyclic) bond motifs is 1. The molecular formula is C14H16N4O3. The maximum atomic E-state index is 11.0. The predicted octanol–water partition coefficient (Wildman–Crippen LogP) is 1.52. The summed E-state index contributed by atoms with van der Waals surface area (Å²) >= 11 is 0. The van der Waals surface area contributed by atoms with E-state index in [2.05, 4.69) is 9.97 Å². The topological polar surface area (TPSA) is 89.8 Å². The normalized spacial score (nSPS) is 18.1. The minimum absolute atomic E-state index is 0.0519. The van der Waals surface area contributed by atoms with E-state index >= 15 is 0 Å². The highest BCUT2D eigenvalue weighted by atomic mass is 16.4. The van der Waals surface area contributed by atoms with Crippen molar-refractivity contribution in [2.75, 3.05) is 25.0 Å². The van der Waals surface area contributed by atoms with Gasteiger partial charge in [0.15, 0.2) is 5.65 Å². The molecule has 2 aromatic heterocycles. The Labute approximate surface area is 121 Å². The molecule has 0 aliphatic carbocycles. The molecule has 2 aromatic rings. The lowest BCUT2D eigenvalue weighted by Crippen LogP contribution is -2.36. The van der Waals surface area contributed by atoms with Crippen molar-refractivity contribution in [3.05, 3.63) is 24.4 Å². The van der Waals surface area contributed by atoms with Gasteiger partial charge in [-0.25, -0.2) is 9.78 Å². The Kier molecular flexibility index (Phi) is 3.25. The second-order valence-electron chi connectivity index (χ2n) is 5.19. The maximum Gasteiger partial charge on any atom is 0.407 e. The molecule has 3 rings (SSSR count). The average molecular weight is 288 g/mol. The highest BCUT2D eigenvalue weighted by molar-refractivity contribution is 5.79. The second kappa shape index (κ2) is 5.08. The molecule has 1 aliphatic rings. The van der Waals surface area contributed by atoms with E-state index in [-0.39, 0.29) is 11.9 Å². The molecule has 2 N–H and O–H groups in total. The van der Waals surface area contributed by atoms with Crippen LogP contribution in [0.15, 0.2) is 24.4 Å². The van der Waals surface area contributed by atoms with Crippen molar-refractivity contribution in [3.8, 4) is 5.88 Å². The molecule has 110 valence electrons. The molecule has 1 aliphatic heterocycles. The monoisotopic (exact) mass is 288 g/mol. The molecule has 1 saturated heterocycles. The lowest BCUT2D eigenvalue weighted by molar-refractivity contribution is 0.155. The number of anilines is 1. The molecule has 1 amide bonds. The third-order valence-corrected chi connectivity index (χ3v) is 3.90. The van der Waals surface area contributed by atoms with Crippen LogP contribution in [-0.4, -0.2) is 57.4 Å². The number of amides is 1. The van der Waals surface area contributed by atoms with Crippen molar-refractivity contribution in [1.29, 1.82) is 0 Å². The van der Waals surface area contributed by atoms with Gasteiger partial charge in [-0.1, -0.05) is 0 Å². The molecule has 0 bridgehead atoms. The van der Waals surface area contributed by atoms with E-state index in [0.29, 0.717) is 18.7 Å². The minimum Gasteiger partial charge on any atom is -0.493 e. The van der Waals surface area contributed by atoms with Crippen molar-refractivity contribution < 1.29 is 15.0 Å². The first kappa shape index (κ1) is 13.4. The molecule has 0 radical (unpaired) electrons. The summed E-state index contributed by atoms with van der Waals surface area (Å²) in [6, 6.07) is 5.37. The molecule has 1 atom stereocenters. The largest absolute Gasteiger partial charge is 0.493 e. The summed E-state index contributed by atoms with van der Waals surface area (Å²) in [6.45, 7) is 1.05. The van der Waals surface area contributed by atoms with Crippen molar-refractivity contribution >= 4 is 22.8 Å². The van der Waals surface area contributed by atoms with Crippen LogP contribution >= 0.6 is 0 Å². The molecule has 0 unspecified atom stereocenters. The summed E-state index contributed by atoms with van der Waals surface area (Å²) in [5.74, 6) is -0.0519. The fraction of sp³-hybridized carbons (Fsp3) is 0.357. The van der Waals surface area contributed by atoms with Crippen LogP contribution in [-0.2, 0) is 0 Å². The highest BCUT2D eigenvalue weighted by Gasteiger charge is 2.28. The van der Waals surface area contributed by atoms with Crippen molar-refractivity contribution in [3.63, 3.8) is 0 Å². The smallest absolute Gasteiger partial charge is 0.407 e. The number of rotatable bonds is 2. The minimum atomic E-state index is -0.873. The zero-order chi connectivity index (χ0) is 15.0. The summed E-state index contributed by atoms with van der Waals surface area (Å²) in [5, 5.41) is 19.2. The lowest BCUT2D eigenvalue weighted by Gasteiger charge is -2.26. The van der Waals surface area contributed by atoms with E-state index in [4.69, 9.17) is 5.11 Å². The van der Waals surface area contributed by atoms with Gasteiger partial charge in [-0.2, -0.15) is 4.98 Å². The molecule has 7 heteroatoms. The number of aromatic nitrogens is 2. The molecule has 0 saturated carbocycles. The third kappa shape index (κ3) is 2.54. The molecule has 21 heavy (non-hydrogen) atoms. The summed E-state index contributed by atoms with van der Waals surface area (Å²) in [4.78, 5) is 22.6. The van der Waals surface area contributed by atoms with Gasteiger partial charge in [-0.05, 0) is 18.6 Å². The number of hydrogen-bond donors (Lipinski definition) is 2. The number of nitrogens with zero attached hydrogens (tertiary/aromatic N) is 4. The van der Waals surface area contributed by atoms with Gasteiger partial charge in [-0.15, -0.1) is 0 Å². The lowest BCUT2D eigenvalue weighted by atomic mass is 10.2. The van der Waals surface area contributed by atoms with Crippen LogP contribution in [0.3, 0.4) is 0 Å². The Morgan fingerprint density at radius 2 is 2.29 bits per heavy atom. The SMILES string of the molecule is CN(c1cnc2nc(O)ccc2c1)[C@@H]1CCN(C(=O)O)C1. The first-order chi connectivity index (χ1) is 10.0. The van der Waals surface area contributed by atoms with E-state index < -0.39 is 6.09 Å². The Balaban J connectivity index is 1.83. The third-order valence-electron chi connectivity index (χ3n) is 3.90. The zero-order valence-electron chi connectivity index (χ0n) is 11.6. The van der Waals surface area contributed by atoms with Crippen LogP contribution in [0.2, 0.25) is 0 Å². The Morgan fingerprint density at radius 1 is 1.48 bits per heavy atom. The molecule has 0 aromatic carbocycles. The van der Waals surface area contributed by atoms with Gasteiger partial charge in [0, 0.05) is 37.6 Å². The van der Waals surface area contributed by atoms with Crippen molar-refractivity contribution in [2.24, 2.45) is 0 Å². The van der Waals surface area contributed by atoms with E-state index in [0.717, 1.165) is 17.5 Å². The molecule has 7 nitrogen and oxygen atoms in total. The Morgan fingerprint density at radius 3 is 3.00 bits per heavy atom. The maximum absolute atomic E-state index is 11.0. The van der Waals surface area contributed by atoms with Crippen LogP contribution in [0.1, 0.15) is 6.42 Å². The molecule has 0 spiro atoms. The van der Waals surface area contributed by atoms with Gasteiger partial charge >= 0.3 is 6.09 Å². The first-order valence-corrected chi connectivity index (χ1v) is 6.71. The number of likely N-dealkylation sites (tertiary alicyclic amines) is 1. The zero-order valence-corrected chi connectivity index (χ0v) is 11.6. The predicted molar refractivity (Wildman–Crippen MR) is 77.6 cm³/mol. The van der Waals surface area contributed by atoms with E-state index in [1.54, 1.807) is 12.3 Å². The van der Waals surface area contributed by atoms with Gasteiger partial charge in [0.2, 0.25) is 5.88 Å². The van der Waals surface area contributed by atoms with Crippen LogP contribution < -0.4 is 4.90 Å². The quantitative estimate of drug-likeness (QED) is 0.871. The number of carbonyl (C=O) groups is 1. The summed E-state index contributed by atoms with van der Waals surface area (Å²) < 4.78 is 0. The number of pyridine rings is 2. The highest BCUT2D eigenvalue weighted by Crippen LogP contribution is 2.24. The van der Waals surface area contributed by atoms with Crippen molar-refractivity contribution in [2.45, 2.75) is 12.5 Å². The fourth-order valence-electron chi connectivity index (χ4n) is 2.62. The van der Waals surface area contributed by atoms with E-state index in [1.165, 1.54) is 11.0 Å². The van der Waals surface area contributed by atoms with Gasteiger partial charge in [0.25, 0.3) is 0 Å². The second-order valence-corrected chi connectivity index (χ2v) is 5.19. The molecular weight excluding hydrogens is 272 g/mol. The van der Waals surface area contributed by atoms with Gasteiger partial charge in [0.1, 0.15) is 0 Å². The van der Waals surface area contributed by atoms with Crippen LogP contribution in [0.5, 0.6) is 5.88 Å². The van der Waals surface area contributed by atoms with Gasteiger partial charge < -0.3 is 20.0 Å². The summed E-state index contributed by atoms with van der Waals surface area (Å²) in [7, 11) is 1.94. The molecule has 3 heterocycles. The van der Waals surface area contributed by atoms with Gasteiger partial charge in [0.05, 0.1) is 11.9 Å². The summed E-state index contributed by atoms with van der Waals surface area (Å²) in [6.07, 6.45) is 1.62. The number of aromatic hydroxyl groups is 1. The van der Waals surface area contributed by atoms with E-state index in [1.807, 2.05) is 18.0 Å². The standard InChI is InChI=1S/C14H16N4O3/c1-17(10-4-5-18(8-10)14(20)21)11-6-9-2-3-12(19)16-13(9)15-7-11/h2-3,6-7,10H,4-5,8H2,1H3,(H,20,21)(H,15,16,19)/t10-/m1/s1.